The lowest BCUT2D eigenvalue weighted by Gasteiger charge is -2.39. The molecule has 4 atom stereocenters. The lowest BCUT2D eigenvalue weighted by Crippen LogP contribution is -2.53. The van der Waals surface area contributed by atoms with Crippen molar-refractivity contribution in [1.29, 1.82) is 0 Å². The number of carbonyl (C=O) groups excluding carboxylic acids is 1. The van der Waals surface area contributed by atoms with Gasteiger partial charge in [0.2, 0.25) is 5.91 Å². The summed E-state index contributed by atoms with van der Waals surface area (Å²) in [5, 5.41) is 3.58. The molecule has 108 valence electrons. The van der Waals surface area contributed by atoms with Crippen molar-refractivity contribution in [2.45, 2.75) is 57.7 Å². The number of fused-ring (bicyclic) bond motifs is 2. The highest BCUT2D eigenvalue weighted by Crippen LogP contribution is 2.34. The smallest absolute Gasteiger partial charge is 0.227 e. The Morgan fingerprint density at radius 2 is 2.00 bits per heavy atom. The Kier molecular flexibility index (Phi) is 3.81. The molecule has 4 nitrogen and oxygen atoms in total. The van der Waals surface area contributed by atoms with E-state index >= 15 is 0 Å². The van der Waals surface area contributed by atoms with Gasteiger partial charge in [0.05, 0.1) is 5.92 Å². The number of hydrogen-bond donors (Lipinski definition) is 1. The van der Waals surface area contributed by atoms with Crippen LogP contribution in [0, 0.1) is 5.92 Å². The van der Waals surface area contributed by atoms with Gasteiger partial charge in [-0.05, 0) is 32.6 Å². The standard InChI is InChI=1S/C15H27N3O/c1-3-11(2)17-6-8-18(9-7-17)15(19)13-10-12-4-5-14(13)16-12/h11-14,16H,3-10H2,1-2H3. The molecule has 0 aromatic rings. The van der Waals surface area contributed by atoms with E-state index in [0.717, 1.165) is 32.6 Å². The molecule has 3 rings (SSSR count). The van der Waals surface area contributed by atoms with E-state index in [2.05, 4.69) is 29.0 Å². The Balaban J connectivity index is 1.52. The molecule has 1 N–H and O–H groups in total. The third kappa shape index (κ3) is 2.52. The van der Waals surface area contributed by atoms with Crippen LogP contribution in [0.4, 0.5) is 0 Å². The molecule has 3 fully saturated rings. The topological polar surface area (TPSA) is 35.6 Å². The van der Waals surface area contributed by atoms with Gasteiger partial charge < -0.3 is 10.2 Å². The Morgan fingerprint density at radius 3 is 2.53 bits per heavy atom. The Morgan fingerprint density at radius 1 is 1.26 bits per heavy atom. The van der Waals surface area contributed by atoms with Crippen LogP contribution in [0.15, 0.2) is 0 Å². The predicted octanol–water partition coefficient (Wildman–Crippen LogP) is 1.07. The summed E-state index contributed by atoms with van der Waals surface area (Å²) in [6, 6.07) is 1.76. The maximum absolute atomic E-state index is 12.6. The summed E-state index contributed by atoms with van der Waals surface area (Å²) in [4.78, 5) is 17.2. The Labute approximate surface area is 116 Å². The molecule has 3 saturated heterocycles. The second-order valence-electron chi connectivity index (χ2n) is 6.51. The summed E-state index contributed by atoms with van der Waals surface area (Å²) in [5.74, 6) is 0.692. The molecule has 3 aliphatic heterocycles. The van der Waals surface area contributed by atoms with E-state index in [-0.39, 0.29) is 5.92 Å². The summed E-state index contributed by atoms with van der Waals surface area (Å²) in [6.45, 7) is 8.48. The van der Waals surface area contributed by atoms with Gasteiger partial charge in [-0.1, -0.05) is 6.92 Å². The van der Waals surface area contributed by atoms with Crippen LogP contribution in [0.5, 0.6) is 0 Å². The summed E-state index contributed by atoms with van der Waals surface area (Å²) in [6.07, 6.45) is 4.75. The van der Waals surface area contributed by atoms with E-state index in [1.54, 1.807) is 0 Å². The zero-order valence-corrected chi connectivity index (χ0v) is 12.3. The SMILES string of the molecule is CCC(C)N1CCN(C(=O)C2CC3CCC2N3)CC1. The van der Waals surface area contributed by atoms with Gasteiger partial charge in [0.25, 0.3) is 0 Å². The third-order valence-corrected chi connectivity index (χ3v) is 5.46. The van der Waals surface area contributed by atoms with Gasteiger partial charge in [-0.3, -0.25) is 9.69 Å². The van der Waals surface area contributed by atoms with Crippen LogP contribution in [0.1, 0.15) is 39.5 Å². The molecule has 0 aliphatic carbocycles. The Hall–Kier alpha value is -0.610. The quantitative estimate of drug-likeness (QED) is 0.829. The zero-order chi connectivity index (χ0) is 13.4. The van der Waals surface area contributed by atoms with Crippen molar-refractivity contribution in [3.05, 3.63) is 0 Å². The molecule has 2 bridgehead atoms. The average molecular weight is 265 g/mol. The van der Waals surface area contributed by atoms with Crippen LogP contribution < -0.4 is 5.32 Å². The van der Waals surface area contributed by atoms with Crippen molar-refractivity contribution in [2.24, 2.45) is 5.92 Å². The molecular formula is C15H27N3O. The minimum absolute atomic E-state index is 0.272. The average Bonchev–Trinajstić information content (AvgIpc) is 3.08. The van der Waals surface area contributed by atoms with Crippen LogP contribution >= 0.6 is 0 Å². The van der Waals surface area contributed by atoms with Gasteiger partial charge >= 0.3 is 0 Å². The maximum Gasteiger partial charge on any atom is 0.227 e. The van der Waals surface area contributed by atoms with Crippen LogP contribution in [-0.2, 0) is 4.79 Å². The molecular weight excluding hydrogens is 238 g/mol. The first-order valence-corrected chi connectivity index (χ1v) is 7.98. The molecule has 3 aliphatic rings. The van der Waals surface area contributed by atoms with E-state index in [1.807, 2.05) is 0 Å². The van der Waals surface area contributed by atoms with Gasteiger partial charge in [-0.25, -0.2) is 0 Å². The molecule has 0 spiro atoms. The van der Waals surface area contributed by atoms with Crippen molar-refractivity contribution >= 4 is 5.91 Å². The fourth-order valence-electron chi connectivity index (χ4n) is 3.97. The monoisotopic (exact) mass is 265 g/mol. The van der Waals surface area contributed by atoms with E-state index < -0.39 is 0 Å². The van der Waals surface area contributed by atoms with E-state index in [4.69, 9.17) is 0 Å². The maximum atomic E-state index is 12.6. The van der Waals surface area contributed by atoms with Gasteiger partial charge in [-0.2, -0.15) is 0 Å². The fraction of sp³-hybridized carbons (Fsp3) is 0.933. The summed E-state index contributed by atoms with van der Waals surface area (Å²) >= 11 is 0. The van der Waals surface area contributed by atoms with Crippen molar-refractivity contribution in [3.8, 4) is 0 Å². The van der Waals surface area contributed by atoms with Crippen molar-refractivity contribution in [1.82, 2.24) is 15.1 Å². The number of hydrogen-bond acceptors (Lipinski definition) is 3. The zero-order valence-electron chi connectivity index (χ0n) is 12.3. The van der Waals surface area contributed by atoms with Crippen molar-refractivity contribution in [2.75, 3.05) is 26.2 Å². The lowest BCUT2D eigenvalue weighted by molar-refractivity contribution is -0.138. The van der Waals surface area contributed by atoms with E-state index in [1.165, 1.54) is 19.3 Å². The lowest BCUT2D eigenvalue weighted by atomic mass is 9.88. The number of nitrogens with zero attached hydrogens (tertiary/aromatic N) is 2. The second-order valence-corrected chi connectivity index (χ2v) is 6.51. The fourth-order valence-corrected chi connectivity index (χ4v) is 3.97. The largest absolute Gasteiger partial charge is 0.340 e. The minimum Gasteiger partial charge on any atom is -0.340 e. The number of rotatable bonds is 3. The summed E-state index contributed by atoms with van der Waals surface area (Å²) in [7, 11) is 0. The van der Waals surface area contributed by atoms with E-state index in [9.17, 15) is 4.79 Å². The highest BCUT2D eigenvalue weighted by molar-refractivity contribution is 5.80. The molecule has 19 heavy (non-hydrogen) atoms. The van der Waals surface area contributed by atoms with Gasteiger partial charge in [0.1, 0.15) is 0 Å². The summed E-state index contributed by atoms with van der Waals surface area (Å²) in [5.41, 5.74) is 0. The van der Waals surface area contributed by atoms with Gasteiger partial charge in [0.15, 0.2) is 0 Å². The third-order valence-electron chi connectivity index (χ3n) is 5.46. The van der Waals surface area contributed by atoms with Crippen LogP contribution in [0.3, 0.4) is 0 Å². The molecule has 4 heteroatoms. The molecule has 4 unspecified atom stereocenters. The highest BCUT2D eigenvalue weighted by atomic mass is 16.2. The predicted molar refractivity (Wildman–Crippen MR) is 76.0 cm³/mol. The number of piperazine rings is 1. The van der Waals surface area contributed by atoms with Crippen molar-refractivity contribution in [3.63, 3.8) is 0 Å². The first kappa shape index (κ1) is 13.4. The molecule has 0 radical (unpaired) electrons. The van der Waals surface area contributed by atoms with Gasteiger partial charge in [0, 0.05) is 44.3 Å². The molecule has 1 amide bonds. The van der Waals surface area contributed by atoms with E-state index in [0.29, 0.717) is 24.0 Å². The molecule has 0 saturated carbocycles. The normalized spacial score (nSPS) is 36.7. The minimum atomic E-state index is 0.272. The highest BCUT2D eigenvalue weighted by Gasteiger charge is 2.44. The van der Waals surface area contributed by atoms with Crippen molar-refractivity contribution < 1.29 is 4.79 Å². The van der Waals surface area contributed by atoms with Crippen LogP contribution in [0.25, 0.3) is 0 Å². The summed E-state index contributed by atoms with van der Waals surface area (Å²) < 4.78 is 0. The Bertz CT molecular complexity index is 338. The number of nitrogens with one attached hydrogen (secondary N) is 1. The number of amides is 1. The first-order valence-electron chi connectivity index (χ1n) is 7.98. The first-order chi connectivity index (χ1) is 9.19. The number of carbonyl (C=O) groups is 1. The van der Waals surface area contributed by atoms with Gasteiger partial charge in [-0.15, -0.1) is 0 Å². The second kappa shape index (κ2) is 5.41. The van der Waals surface area contributed by atoms with Crippen LogP contribution in [-0.4, -0.2) is 60.0 Å². The molecule has 0 aromatic carbocycles. The molecule has 0 aromatic heterocycles. The molecule has 3 heterocycles. The van der Waals surface area contributed by atoms with Crippen LogP contribution in [0.2, 0.25) is 0 Å².